The summed E-state index contributed by atoms with van der Waals surface area (Å²) in [7, 11) is 0. The summed E-state index contributed by atoms with van der Waals surface area (Å²) in [5, 5.41) is 14.2. The van der Waals surface area contributed by atoms with Crippen molar-refractivity contribution in [2.75, 3.05) is 6.61 Å². The number of hydrogen-bond acceptors (Lipinski definition) is 4. The largest absolute Gasteiger partial charge is 0.481 e. The molecule has 2 aliphatic carbocycles. The van der Waals surface area contributed by atoms with E-state index in [9.17, 15) is 14.4 Å². The van der Waals surface area contributed by atoms with Gasteiger partial charge in [-0.3, -0.25) is 9.59 Å². The number of hydrogen-bond donors (Lipinski definition) is 3. The number of ether oxygens (including phenoxy) is 1. The Hall–Kier alpha value is -3.35. The maximum Gasteiger partial charge on any atom is 0.407 e. The number of carbonyl (C=O) groups excluding carboxylic acids is 2. The lowest BCUT2D eigenvalue weighted by molar-refractivity contribution is -0.138. The molecule has 0 heterocycles. The topological polar surface area (TPSA) is 105 Å². The van der Waals surface area contributed by atoms with Crippen LogP contribution in [0.5, 0.6) is 0 Å². The van der Waals surface area contributed by atoms with Crippen LogP contribution in [0, 0.1) is 0 Å². The van der Waals surface area contributed by atoms with E-state index in [0.717, 1.165) is 22.3 Å². The highest BCUT2D eigenvalue weighted by atomic mass is 16.5. The number of nitrogens with one attached hydrogen (secondary N) is 2. The van der Waals surface area contributed by atoms with E-state index in [-0.39, 0.29) is 18.9 Å². The first kappa shape index (κ1) is 19.9. The van der Waals surface area contributed by atoms with Crippen molar-refractivity contribution in [1.29, 1.82) is 0 Å². The molecule has 1 atom stereocenters. The van der Waals surface area contributed by atoms with Gasteiger partial charge < -0.3 is 20.5 Å². The molecule has 0 saturated heterocycles. The molecule has 0 aliphatic heterocycles. The van der Waals surface area contributed by atoms with E-state index in [2.05, 4.69) is 22.8 Å². The molecule has 7 nitrogen and oxygen atoms in total. The van der Waals surface area contributed by atoms with Crippen molar-refractivity contribution in [1.82, 2.24) is 10.6 Å². The number of amides is 2. The lowest BCUT2D eigenvalue weighted by Gasteiger charge is -2.20. The van der Waals surface area contributed by atoms with Gasteiger partial charge in [0.15, 0.2) is 0 Å². The fraction of sp³-hybridized carbons (Fsp3) is 0.348. The summed E-state index contributed by atoms with van der Waals surface area (Å²) in [6.45, 7) is 1.71. The molecule has 0 radical (unpaired) electrons. The van der Waals surface area contributed by atoms with Gasteiger partial charge in [-0.05, 0) is 42.0 Å². The maximum atomic E-state index is 12.3. The third-order valence-electron chi connectivity index (χ3n) is 5.80. The lowest BCUT2D eigenvalue weighted by Crippen LogP contribution is -2.49. The zero-order chi connectivity index (χ0) is 21.3. The van der Waals surface area contributed by atoms with Gasteiger partial charge >= 0.3 is 12.1 Å². The van der Waals surface area contributed by atoms with Gasteiger partial charge in [-0.25, -0.2) is 4.79 Å². The Labute approximate surface area is 174 Å². The molecule has 2 aliphatic rings. The SMILES string of the molecule is C[C@H](NC(=O)OCC1c2ccccc2-c2ccccc21)C(=O)NC1(CC(=O)O)CC1. The van der Waals surface area contributed by atoms with Gasteiger partial charge in [0, 0.05) is 5.92 Å². The predicted molar refractivity (Wildman–Crippen MR) is 110 cm³/mol. The molecule has 156 valence electrons. The molecule has 0 bridgehead atoms. The first-order valence-corrected chi connectivity index (χ1v) is 10.0. The van der Waals surface area contributed by atoms with Crippen molar-refractivity contribution in [3.05, 3.63) is 59.7 Å². The molecule has 2 aromatic rings. The monoisotopic (exact) mass is 408 g/mol. The molecule has 30 heavy (non-hydrogen) atoms. The van der Waals surface area contributed by atoms with Crippen LogP contribution in [0.15, 0.2) is 48.5 Å². The molecule has 0 unspecified atom stereocenters. The second-order valence-electron chi connectivity index (χ2n) is 8.03. The third-order valence-corrected chi connectivity index (χ3v) is 5.80. The van der Waals surface area contributed by atoms with Crippen LogP contribution in [-0.2, 0) is 14.3 Å². The molecule has 7 heteroatoms. The summed E-state index contributed by atoms with van der Waals surface area (Å²) in [5.41, 5.74) is 3.83. The minimum atomic E-state index is -0.954. The Kier molecular flexibility index (Phi) is 5.20. The molecular weight excluding hydrogens is 384 g/mol. The Balaban J connectivity index is 1.34. The Bertz CT molecular complexity index is 953. The summed E-state index contributed by atoms with van der Waals surface area (Å²) >= 11 is 0. The van der Waals surface area contributed by atoms with E-state index in [1.165, 1.54) is 0 Å². The van der Waals surface area contributed by atoms with Crippen LogP contribution >= 0.6 is 0 Å². The Morgan fingerprint density at radius 1 is 1.07 bits per heavy atom. The number of alkyl carbamates (subject to hydrolysis) is 1. The van der Waals surface area contributed by atoms with Gasteiger partial charge in [0.05, 0.1) is 12.0 Å². The van der Waals surface area contributed by atoms with Gasteiger partial charge in [0.1, 0.15) is 12.6 Å². The number of carboxylic acids is 1. The second-order valence-corrected chi connectivity index (χ2v) is 8.03. The number of carbonyl (C=O) groups is 3. The minimum Gasteiger partial charge on any atom is -0.481 e. The minimum absolute atomic E-state index is 0.0578. The first-order valence-electron chi connectivity index (χ1n) is 10.0. The van der Waals surface area contributed by atoms with Crippen molar-refractivity contribution in [3.63, 3.8) is 0 Å². The van der Waals surface area contributed by atoms with Crippen molar-refractivity contribution < 1.29 is 24.2 Å². The lowest BCUT2D eigenvalue weighted by atomic mass is 9.98. The van der Waals surface area contributed by atoms with Gasteiger partial charge in [0.2, 0.25) is 5.91 Å². The van der Waals surface area contributed by atoms with E-state index in [1.807, 2.05) is 36.4 Å². The predicted octanol–water partition coefficient (Wildman–Crippen LogP) is 3.04. The molecule has 0 aromatic heterocycles. The summed E-state index contributed by atoms with van der Waals surface area (Å²) in [6.07, 6.45) is 0.463. The van der Waals surface area contributed by atoms with Crippen molar-refractivity contribution in [3.8, 4) is 11.1 Å². The van der Waals surface area contributed by atoms with Crippen LogP contribution in [0.3, 0.4) is 0 Å². The standard InChI is InChI=1S/C23H24N2O5/c1-14(21(28)25-23(10-11-23)12-20(26)27)24-22(29)30-13-19-17-8-4-2-6-15(17)16-7-3-5-9-18(16)19/h2-9,14,19H,10-13H2,1H3,(H,24,29)(H,25,28)(H,26,27)/t14-/m0/s1. The van der Waals surface area contributed by atoms with E-state index in [1.54, 1.807) is 6.92 Å². The molecule has 1 fully saturated rings. The van der Waals surface area contributed by atoms with Crippen LogP contribution in [0.1, 0.15) is 43.2 Å². The van der Waals surface area contributed by atoms with Crippen molar-refractivity contribution in [2.24, 2.45) is 0 Å². The van der Waals surface area contributed by atoms with Crippen LogP contribution in [0.2, 0.25) is 0 Å². The summed E-state index contributed by atoms with van der Waals surface area (Å²) in [6, 6.07) is 15.3. The molecular formula is C23H24N2O5. The number of carboxylic acid groups (broad SMARTS) is 1. The molecule has 3 N–H and O–H groups in total. The smallest absolute Gasteiger partial charge is 0.407 e. The molecule has 1 saturated carbocycles. The van der Waals surface area contributed by atoms with Crippen LogP contribution in [0.25, 0.3) is 11.1 Å². The zero-order valence-electron chi connectivity index (χ0n) is 16.7. The number of rotatable bonds is 7. The molecule has 2 amide bonds. The van der Waals surface area contributed by atoms with Gasteiger partial charge in [-0.2, -0.15) is 0 Å². The van der Waals surface area contributed by atoms with Crippen LogP contribution in [0.4, 0.5) is 4.79 Å². The molecule has 0 spiro atoms. The number of fused-ring (bicyclic) bond motifs is 3. The van der Waals surface area contributed by atoms with Gasteiger partial charge in [-0.1, -0.05) is 48.5 Å². The van der Waals surface area contributed by atoms with E-state index >= 15 is 0 Å². The first-order chi connectivity index (χ1) is 14.4. The van der Waals surface area contributed by atoms with E-state index < -0.39 is 29.6 Å². The molecule has 4 rings (SSSR count). The average Bonchev–Trinajstić information content (AvgIpc) is 3.38. The summed E-state index contributed by atoms with van der Waals surface area (Å²) in [5.74, 6) is -1.43. The van der Waals surface area contributed by atoms with E-state index in [0.29, 0.717) is 12.8 Å². The second kappa shape index (κ2) is 7.82. The van der Waals surface area contributed by atoms with Crippen molar-refractivity contribution >= 4 is 18.0 Å². The quantitative estimate of drug-likeness (QED) is 0.653. The van der Waals surface area contributed by atoms with Gasteiger partial charge in [0.25, 0.3) is 0 Å². The number of aliphatic carboxylic acids is 1. The zero-order valence-corrected chi connectivity index (χ0v) is 16.7. The highest BCUT2D eigenvalue weighted by molar-refractivity contribution is 5.87. The van der Waals surface area contributed by atoms with Crippen molar-refractivity contribution in [2.45, 2.75) is 43.7 Å². The van der Waals surface area contributed by atoms with Crippen LogP contribution < -0.4 is 10.6 Å². The Morgan fingerprint density at radius 3 is 2.17 bits per heavy atom. The molecule has 2 aromatic carbocycles. The Morgan fingerprint density at radius 2 is 1.63 bits per heavy atom. The fourth-order valence-electron chi connectivity index (χ4n) is 4.04. The van der Waals surface area contributed by atoms with Crippen LogP contribution in [-0.4, -0.2) is 41.3 Å². The average molecular weight is 408 g/mol. The fourth-order valence-corrected chi connectivity index (χ4v) is 4.04. The normalized spacial score (nSPS) is 16.7. The highest BCUT2D eigenvalue weighted by Gasteiger charge is 2.46. The maximum absolute atomic E-state index is 12.3. The number of benzene rings is 2. The summed E-state index contributed by atoms with van der Waals surface area (Å²) < 4.78 is 5.45. The summed E-state index contributed by atoms with van der Waals surface area (Å²) in [4.78, 5) is 35.5. The highest BCUT2D eigenvalue weighted by Crippen LogP contribution is 2.44. The van der Waals surface area contributed by atoms with E-state index in [4.69, 9.17) is 9.84 Å². The van der Waals surface area contributed by atoms with Gasteiger partial charge in [-0.15, -0.1) is 0 Å². The third kappa shape index (κ3) is 4.01.